The molecule has 0 spiro atoms. The fourth-order valence-corrected chi connectivity index (χ4v) is 2.71. The summed E-state index contributed by atoms with van der Waals surface area (Å²) < 4.78 is 0. The maximum Gasteiger partial charge on any atom is 0.0899 e. The van der Waals surface area contributed by atoms with Crippen LogP contribution in [0.4, 0.5) is 0 Å². The molecule has 1 N–H and O–H groups in total. The van der Waals surface area contributed by atoms with Crippen molar-refractivity contribution in [2.24, 2.45) is 0 Å². The van der Waals surface area contributed by atoms with Gasteiger partial charge >= 0.3 is 0 Å². The van der Waals surface area contributed by atoms with Gasteiger partial charge in [-0.25, -0.2) is 0 Å². The second-order valence-electron chi connectivity index (χ2n) is 4.74. The Morgan fingerprint density at radius 1 is 1.19 bits per heavy atom. The van der Waals surface area contributed by atoms with Crippen LogP contribution in [0.15, 0.2) is 36.9 Å². The van der Waals surface area contributed by atoms with Crippen molar-refractivity contribution >= 4 is 0 Å². The maximum atomic E-state index is 10.7. The highest BCUT2D eigenvalue weighted by molar-refractivity contribution is 5.34. The second kappa shape index (κ2) is 4.84. The molecule has 1 aromatic rings. The van der Waals surface area contributed by atoms with Crippen LogP contribution in [0.2, 0.25) is 0 Å². The van der Waals surface area contributed by atoms with Crippen molar-refractivity contribution < 1.29 is 5.11 Å². The molecule has 86 valence electrons. The van der Waals surface area contributed by atoms with Crippen molar-refractivity contribution in [3.8, 4) is 0 Å². The van der Waals surface area contributed by atoms with Crippen LogP contribution < -0.4 is 0 Å². The Labute approximate surface area is 97.8 Å². The first kappa shape index (κ1) is 11.4. The van der Waals surface area contributed by atoms with E-state index in [4.69, 9.17) is 0 Å². The third-order valence-corrected chi connectivity index (χ3v) is 3.56. The number of aliphatic hydroxyl groups is 1. The molecule has 0 bridgehead atoms. The SMILES string of the molecule is C=CCc1ccccc1C1(O)CCCCC1. The van der Waals surface area contributed by atoms with Gasteiger partial charge < -0.3 is 5.11 Å². The molecule has 1 aliphatic carbocycles. The monoisotopic (exact) mass is 216 g/mol. The highest BCUT2D eigenvalue weighted by Crippen LogP contribution is 2.38. The summed E-state index contributed by atoms with van der Waals surface area (Å²) in [6, 6.07) is 8.23. The molecule has 0 saturated heterocycles. The van der Waals surface area contributed by atoms with Crippen molar-refractivity contribution in [1.29, 1.82) is 0 Å². The topological polar surface area (TPSA) is 20.2 Å². The van der Waals surface area contributed by atoms with Crippen LogP contribution in [0, 0.1) is 0 Å². The zero-order chi connectivity index (χ0) is 11.4. The maximum absolute atomic E-state index is 10.7. The molecule has 1 fully saturated rings. The summed E-state index contributed by atoms with van der Waals surface area (Å²) in [5, 5.41) is 10.7. The molecular formula is C15H20O. The number of hydrogen-bond acceptors (Lipinski definition) is 1. The molecule has 0 aromatic heterocycles. The van der Waals surface area contributed by atoms with E-state index >= 15 is 0 Å². The second-order valence-corrected chi connectivity index (χ2v) is 4.74. The van der Waals surface area contributed by atoms with Crippen LogP contribution in [0.1, 0.15) is 43.2 Å². The van der Waals surface area contributed by atoms with Gasteiger partial charge in [0, 0.05) is 0 Å². The van der Waals surface area contributed by atoms with Crippen LogP contribution in [-0.4, -0.2) is 5.11 Å². The largest absolute Gasteiger partial charge is 0.385 e. The van der Waals surface area contributed by atoms with Crippen molar-refractivity contribution in [3.05, 3.63) is 48.0 Å². The molecule has 16 heavy (non-hydrogen) atoms. The van der Waals surface area contributed by atoms with E-state index < -0.39 is 5.60 Å². The molecular weight excluding hydrogens is 196 g/mol. The lowest BCUT2D eigenvalue weighted by molar-refractivity contribution is -0.00130. The van der Waals surface area contributed by atoms with Crippen molar-refractivity contribution in [3.63, 3.8) is 0 Å². The van der Waals surface area contributed by atoms with Gasteiger partial charge in [0.15, 0.2) is 0 Å². The standard InChI is InChI=1S/C15H20O/c1-2-8-13-9-4-5-10-14(13)15(16)11-6-3-7-12-15/h2,4-5,9-10,16H,1,3,6-8,11-12H2. The molecule has 0 unspecified atom stereocenters. The minimum Gasteiger partial charge on any atom is -0.385 e. The van der Waals surface area contributed by atoms with E-state index in [1.807, 2.05) is 18.2 Å². The van der Waals surface area contributed by atoms with Gasteiger partial charge in [-0.1, -0.05) is 49.6 Å². The smallest absolute Gasteiger partial charge is 0.0899 e. The summed E-state index contributed by atoms with van der Waals surface area (Å²) in [6.07, 6.45) is 8.09. The van der Waals surface area contributed by atoms with Gasteiger partial charge in [0.2, 0.25) is 0 Å². The highest BCUT2D eigenvalue weighted by Gasteiger charge is 2.32. The molecule has 1 aromatic carbocycles. The third kappa shape index (κ3) is 2.19. The van der Waals surface area contributed by atoms with Crippen LogP contribution in [-0.2, 0) is 12.0 Å². The molecule has 1 saturated carbocycles. The van der Waals surface area contributed by atoms with Gasteiger partial charge in [-0.2, -0.15) is 0 Å². The zero-order valence-corrected chi connectivity index (χ0v) is 9.78. The minimum absolute atomic E-state index is 0.585. The Kier molecular flexibility index (Phi) is 3.45. The summed E-state index contributed by atoms with van der Waals surface area (Å²) in [6.45, 7) is 3.78. The highest BCUT2D eigenvalue weighted by atomic mass is 16.3. The normalized spacial score (nSPS) is 19.3. The van der Waals surface area contributed by atoms with Gasteiger partial charge in [-0.15, -0.1) is 6.58 Å². The van der Waals surface area contributed by atoms with Crippen molar-refractivity contribution in [1.82, 2.24) is 0 Å². The fraction of sp³-hybridized carbons (Fsp3) is 0.467. The first-order valence-electron chi connectivity index (χ1n) is 6.18. The average molecular weight is 216 g/mol. The van der Waals surface area contributed by atoms with Gasteiger partial charge in [0.05, 0.1) is 5.60 Å². The van der Waals surface area contributed by atoms with Gasteiger partial charge in [-0.3, -0.25) is 0 Å². The molecule has 0 heterocycles. The summed E-state index contributed by atoms with van der Waals surface area (Å²) >= 11 is 0. The van der Waals surface area contributed by atoms with Crippen LogP contribution >= 0.6 is 0 Å². The average Bonchev–Trinajstić information content (AvgIpc) is 2.31. The molecule has 0 amide bonds. The molecule has 0 aliphatic heterocycles. The number of benzene rings is 1. The van der Waals surface area contributed by atoms with Crippen LogP contribution in [0.5, 0.6) is 0 Å². The summed E-state index contributed by atoms with van der Waals surface area (Å²) in [5.41, 5.74) is 1.76. The number of allylic oxidation sites excluding steroid dienone is 1. The summed E-state index contributed by atoms with van der Waals surface area (Å²) in [4.78, 5) is 0. The Balaban J connectivity index is 2.33. The van der Waals surface area contributed by atoms with E-state index in [0.29, 0.717) is 0 Å². The van der Waals surface area contributed by atoms with Gasteiger partial charge in [0.1, 0.15) is 0 Å². The Morgan fingerprint density at radius 3 is 2.56 bits per heavy atom. The van der Waals surface area contributed by atoms with Crippen LogP contribution in [0.25, 0.3) is 0 Å². The van der Waals surface area contributed by atoms with E-state index in [0.717, 1.165) is 37.7 Å². The molecule has 0 radical (unpaired) electrons. The van der Waals surface area contributed by atoms with Gasteiger partial charge in [0.25, 0.3) is 0 Å². The van der Waals surface area contributed by atoms with E-state index in [1.54, 1.807) is 0 Å². The number of hydrogen-bond donors (Lipinski definition) is 1. The quantitative estimate of drug-likeness (QED) is 0.766. The lowest BCUT2D eigenvalue weighted by atomic mass is 9.77. The predicted molar refractivity (Wildman–Crippen MR) is 67.3 cm³/mol. The molecule has 1 nitrogen and oxygen atoms in total. The lowest BCUT2D eigenvalue weighted by Crippen LogP contribution is -2.29. The van der Waals surface area contributed by atoms with E-state index in [9.17, 15) is 5.11 Å². The third-order valence-electron chi connectivity index (χ3n) is 3.56. The van der Waals surface area contributed by atoms with E-state index in [-0.39, 0.29) is 0 Å². The molecule has 1 heteroatoms. The molecule has 1 aliphatic rings. The number of rotatable bonds is 3. The Hall–Kier alpha value is -1.08. The van der Waals surface area contributed by atoms with E-state index in [1.165, 1.54) is 12.0 Å². The Bertz CT molecular complexity index is 361. The lowest BCUT2D eigenvalue weighted by Gasteiger charge is -2.34. The summed E-state index contributed by atoms with van der Waals surface area (Å²) in [7, 11) is 0. The van der Waals surface area contributed by atoms with Gasteiger partial charge in [-0.05, 0) is 30.4 Å². The molecule has 2 rings (SSSR count). The predicted octanol–water partition coefficient (Wildman–Crippen LogP) is 3.57. The van der Waals surface area contributed by atoms with Crippen molar-refractivity contribution in [2.75, 3.05) is 0 Å². The zero-order valence-electron chi connectivity index (χ0n) is 9.78. The first-order valence-corrected chi connectivity index (χ1v) is 6.18. The molecule has 0 atom stereocenters. The fourth-order valence-electron chi connectivity index (χ4n) is 2.71. The minimum atomic E-state index is -0.585. The first-order chi connectivity index (χ1) is 7.76. The summed E-state index contributed by atoms with van der Waals surface area (Å²) in [5.74, 6) is 0. The van der Waals surface area contributed by atoms with Crippen molar-refractivity contribution in [2.45, 2.75) is 44.1 Å². The van der Waals surface area contributed by atoms with E-state index in [2.05, 4.69) is 18.7 Å². The Morgan fingerprint density at radius 2 is 1.88 bits per heavy atom. The van der Waals surface area contributed by atoms with Crippen LogP contribution in [0.3, 0.4) is 0 Å².